The van der Waals surface area contributed by atoms with Gasteiger partial charge in [-0.25, -0.2) is 0 Å². The van der Waals surface area contributed by atoms with Gasteiger partial charge in [0.05, 0.1) is 31.0 Å². The summed E-state index contributed by atoms with van der Waals surface area (Å²) in [4.78, 5) is 15.1. The zero-order chi connectivity index (χ0) is 23.6. The number of rotatable bonds is 5. The second-order valence-electron chi connectivity index (χ2n) is 9.56. The van der Waals surface area contributed by atoms with Crippen molar-refractivity contribution in [3.8, 4) is 11.5 Å². The lowest BCUT2D eigenvalue weighted by molar-refractivity contribution is -0.181. The summed E-state index contributed by atoms with van der Waals surface area (Å²) in [7, 11) is 1.58. The van der Waals surface area contributed by atoms with Crippen LogP contribution in [0.4, 0.5) is 0 Å². The quantitative estimate of drug-likeness (QED) is 0.712. The Hall–Kier alpha value is -2.57. The Balaban J connectivity index is 1.44. The molecule has 1 amide bonds. The van der Waals surface area contributed by atoms with Gasteiger partial charge in [0.2, 0.25) is 0 Å². The topological polar surface area (TPSA) is 68.2 Å². The van der Waals surface area contributed by atoms with Crippen LogP contribution in [0.25, 0.3) is 0 Å². The van der Waals surface area contributed by atoms with Crippen molar-refractivity contribution in [1.29, 1.82) is 0 Å². The lowest BCUT2D eigenvalue weighted by Gasteiger charge is -2.48. The van der Waals surface area contributed by atoms with E-state index in [1.165, 1.54) is 5.56 Å². The van der Waals surface area contributed by atoms with Gasteiger partial charge in [0.25, 0.3) is 5.91 Å². The Morgan fingerprint density at radius 1 is 1.15 bits per heavy atom. The van der Waals surface area contributed by atoms with Crippen molar-refractivity contribution in [2.45, 2.75) is 70.4 Å². The molecule has 4 rings (SSSR count). The van der Waals surface area contributed by atoms with Crippen LogP contribution in [0.5, 0.6) is 11.5 Å². The van der Waals surface area contributed by atoms with Gasteiger partial charge in [-0.05, 0) is 62.9 Å². The molecule has 0 aromatic heterocycles. The molecular weight excluding hydrogens is 418 g/mol. The zero-order valence-electron chi connectivity index (χ0n) is 20.0. The zero-order valence-corrected chi connectivity index (χ0v) is 20.0. The number of ether oxygens (including phenoxy) is 3. The molecule has 6 heteroatoms. The summed E-state index contributed by atoms with van der Waals surface area (Å²) in [5.74, 6) is 1.17. The Labute approximate surface area is 196 Å². The first-order valence-electron chi connectivity index (χ1n) is 11.9. The Bertz CT molecular complexity index is 980. The predicted octanol–water partition coefficient (Wildman–Crippen LogP) is 4.68. The summed E-state index contributed by atoms with van der Waals surface area (Å²) in [5, 5.41) is 10.7. The van der Waals surface area contributed by atoms with Crippen molar-refractivity contribution < 1.29 is 24.1 Å². The van der Waals surface area contributed by atoms with Gasteiger partial charge in [-0.2, -0.15) is 0 Å². The fourth-order valence-corrected chi connectivity index (χ4v) is 5.07. The minimum atomic E-state index is -0.400. The van der Waals surface area contributed by atoms with E-state index in [0.717, 1.165) is 5.56 Å². The minimum Gasteiger partial charge on any atom is -0.493 e. The molecule has 2 saturated heterocycles. The number of nitrogens with zero attached hydrogens (tertiary/aromatic N) is 1. The molecule has 0 aliphatic carbocycles. The molecule has 178 valence electrons. The number of piperidine rings is 1. The number of likely N-dealkylation sites (tertiary alicyclic amines) is 1. The fraction of sp³-hybridized carbons (Fsp3) is 0.519. The van der Waals surface area contributed by atoms with Gasteiger partial charge >= 0.3 is 0 Å². The Kier molecular flexibility index (Phi) is 6.96. The number of carbonyl (C=O) groups excluding carboxylic acids is 1. The highest BCUT2D eigenvalue weighted by atomic mass is 16.5. The second-order valence-corrected chi connectivity index (χ2v) is 9.56. The van der Waals surface area contributed by atoms with Gasteiger partial charge in [0.15, 0.2) is 11.5 Å². The fourth-order valence-electron chi connectivity index (χ4n) is 5.07. The summed E-state index contributed by atoms with van der Waals surface area (Å²) < 4.78 is 17.9. The van der Waals surface area contributed by atoms with Crippen LogP contribution in [-0.4, -0.2) is 53.9 Å². The average Bonchev–Trinajstić information content (AvgIpc) is 2.79. The van der Waals surface area contributed by atoms with Crippen LogP contribution >= 0.6 is 0 Å². The van der Waals surface area contributed by atoms with Crippen molar-refractivity contribution >= 4 is 5.91 Å². The number of hydrogen-bond donors (Lipinski definition) is 1. The summed E-state index contributed by atoms with van der Waals surface area (Å²) in [5.41, 5.74) is 2.51. The SMILES string of the molecule is COc1cc(C(=O)N2CCC3(CC2)C[C@H](O)C[C@H](c2ccccc2C)O3)ccc1OC(C)C. The van der Waals surface area contributed by atoms with E-state index in [2.05, 4.69) is 19.1 Å². The predicted molar refractivity (Wildman–Crippen MR) is 127 cm³/mol. The molecule has 1 spiro atoms. The summed E-state index contributed by atoms with van der Waals surface area (Å²) >= 11 is 0. The van der Waals surface area contributed by atoms with E-state index in [-0.39, 0.29) is 18.1 Å². The van der Waals surface area contributed by atoms with E-state index in [9.17, 15) is 9.90 Å². The number of benzene rings is 2. The van der Waals surface area contributed by atoms with E-state index in [0.29, 0.717) is 55.8 Å². The second kappa shape index (κ2) is 9.74. The summed E-state index contributed by atoms with van der Waals surface area (Å²) in [6.07, 6.45) is 2.16. The molecule has 2 aromatic carbocycles. The monoisotopic (exact) mass is 453 g/mol. The van der Waals surface area contributed by atoms with Gasteiger partial charge in [0, 0.05) is 31.5 Å². The molecule has 1 N–H and O–H groups in total. The van der Waals surface area contributed by atoms with E-state index >= 15 is 0 Å². The van der Waals surface area contributed by atoms with Crippen molar-refractivity contribution in [3.05, 3.63) is 59.2 Å². The van der Waals surface area contributed by atoms with Gasteiger partial charge in [0.1, 0.15) is 0 Å². The molecular formula is C27H35NO5. The third kappa shape index (κ3) is 5.17. The molecule has 2 aliphatic heterocycles. The van der Waals surface area contributed by atoms with E-state index < -0.39 is 11.7 Å². The van der Waals surface area contributed by atoms with Crippen LogP contribution in [0, 0.1) is 6.92 Å². The van der Waals surface area contributed by atoms with Gasteiger partial charge in [-0.15, -0.1) is 0 Å². The highest BCUT2D eigenvalue weighted by molar-refractivity contribution is 5.95. The van der Waals surface area contributed by atoms with Crippen LogP contribution in [0.2, 0.25) is 0 Å². The number of aliphatic hydroxyl groups is 1. The maximum Gasteiger partial charge on any atom is 0.253 e. The van der Waals surface area contributed by atoms with Crippen molar-refractivity contribution in [2.24, 2.45) is 0 Å². The van der Waals surface area contributed by atoms with Crippen LogP contribution < -0.4 is 9.47 Å². The molecule has 0 radical (unpaired) electrons. The van der Waals surface area contributed by atoms with Crippen LogP contribution in [0.15, 0.2) is 42.5 Å². The average molecular weight is 454 g/mol. The molecule has 33 heavy (non-hydrogen) atoms. The molecule has 0 unspecified atom stereocenters. The summed E-state index contributed by atoms with van der Waals surface area (Å²) in [6.45, 7) is 7.18. The number of amides is 1. The molecule has 0 saturated carbocycles. The molecule has 2 aliphatic rings. The maximum atomic E-state index is 13.2. The number of carbonyl (C=O) groups is 1. The van der Waals surface area contributed by atoms with Crippen molar-refractivity contribution in [2.75, 3.05) is 20.2 Å². The van der Waals surface area contributed by atoms with Gasteiger partial charge in [-0.1, -0.05) is 24.3 Å². The lowest BCUT2D eigenvalue weighted by Crippen LogP contribution is -2.52. The number of aryl methyl sites for hydroxylation is 1. The van der Waals surface area contributed by atoms with Crippen LogP contribution in [0.1, 0.15) is 67.1 Å². The maximum absolute atomic E-state index is 13.2. The summed E-state index contributed by atoms with van der Waals surface area (Å²) in [6, 6.07) is 13.6. The van der Waals surface area contributed by atoms with Gasteiger partial charge < -0.3 is 24.2 Å². The van der Waals surface area contributed by atoms with E-state index in [1.54, 1.807) is 25.3 Å². The standard InChI is InChI=1S/C27H35NO5/c1-18(2)32-23-10-9-20(15-25(23)31-4)26(30)28-13-11-27(12-14-28)17-21(29)16-24(33-27)22-8-6-5-7-19(22)3/h5-10,15,18,21,24,29H,11-14,16-17H2,1-4H3/t21-,24-/m1/s1. The third-order valence-electron chi connectivity index (χ3n) is 6.76. The molecule has 6 nitrogen and oxygen atoms in total. The molecule has 2 atom stereocenters. The largest absolute Gasteiger partial charge is 0.493 e. The molecule has 2 aromatic rings. The third-order valence-corrected chi connectivity index (χ3v) is 6.76. The van der Waals surface area contributed by atoms with Crippen LogP contribution in [-0.2, 0) is 4.74 Å². The van der Waals surface area contributed by atoms with Crippen molar-refractivity contribution in [1.82, 2.24) is 4.90 Å². The molecule has 0 bridgehead atoms. The normalized spacial score (nSPS) is 22.4. The first-order valence-corrected chi connectivity index (χ1v) is 11.9. The molecule has 2 heterocycles. The van der Waals surface area contributed by atoms with E-state index in [4.69, 9.17) is 14.2 Å². The number of aliphatic hydroxyl groups excluding tert-OH is 1. The Morgan fingerprint density at radius 2 is 1.88 bits per heavy atom. The number of hydrogen-bond acceptors (Lipinski definition) is 5. The smallest absolute Gasteiger partial charge is 0.253 e. The van der Waals surface area contributed by atoms with E-state index in [1.807, 2.05) is 30.9 Å². The first kappa shape index (κ1) is 23.6. The van der Waals surface area contributed by atoms with Crippen molar-refractivity contribution in [3.63, 3.8) is 0 Å². The minimum absolute atomic E-state index is 0.0214. The highest BCUT2D eigenvalue weighted by Gasteiger charge is 2.44. The highest BCUT2D eigenvalue weighted by Crippen LogP contribution is 2.43. The number of methoxy groups -OCH3 is 1. The first-order chi connectivity index (χ1) is 15.8. The lowest BCUT2D eigenvalue weighted by atomic mass is 9.80. The molecule has 2 fully saturated rings. The Morgan fingerprint density at radius 3 is 2.55 bits per heavy atom. The van der Waals surface area contributed by atoms with Crippen LogP contribution in [0.3, 0.4) is 0 Å². The van der Waals surface area contributed by atoms with Gasteiger partial charge in [-0.3, -0.25) is 4.79 Å².